The van der Waals surface area contributed by atoms with Crippen LogP contribution < -0.4 is 0 Å². The zero-order valence-corrected chi connectivity index (χ0v) is 14.4. The Balaban J connectivity index is 1.66. The normalized spacial score (nSPS) is 54.5. The second kappa shape index (κ2) is 5.08. The minimum atomic E-state index is -0.243. The van der Waals surface area contributed by atoms with E-state index >= 15 is 0 Å². The highest BCUT2D eigenvalue weighted by Gasteiger charge is 2.61. The molecule has 0 aromatic rings. The van der Waals surface area contributed by atoms with E-state index in [0.717, 1.165) is 44.8 Å². The third-order valence-corrected chi connectivity index (χ3v) is 8.43. The summed E-state index contributed by atoms with van der Waals surface area (Å²) in [5.41, 5.74) is 0.759. The van der Waals surface area contributed by atoms with Gasteiger partial charge in [0.2, 0.25) is 0 Å². The highest BCUT2D eigenvalue weighted by Crippen LogP contribution is 2.65. The highest BCUT2D eigenvalue weighted by atomic mass is 16.3. The standard InChI is InChI=1S/C20H30O3/c1-19-7-5-14(22)10-13(19)3-4-15-16(19)6-8-20(2)17(15)9-12(11-21)18(20)23/h11,13-17,21-22H,3-10H2,1-2H3/b12-11+/t13-,14-,15+,16-,17-,19-,20-/m0/s1. The van der Waals surface area contributed by atoms with Gasteiger partial charge in [0.25, 0.3) is 0 Å². The molecule has 0 heterocycles. The van der Waals surface area contributed by atoms with Crippen LogP contribution in [-0.4, -0.2) is 22.1 Å². The average molecular weight is 318 g/mol. The second-order valence-electron chi connectivity index (χ2n) is 9.23. The quantitative estimate of drug-likeness (QED) is 0.524. The molecule has 4 aliphatic rings. The van der Waals surface area contributed by atoms with Gasteiger partial charge < -0.3 is 10.2 Å². The number of aliphatic hydroxyl groups is 2. The molecule has 0 unspecified atom stereocenters. The van der Waals surface area contributed by atoms with E-state index in [2.05, 4.69) is 13.8 Å². The van der Waals surface area contributed by atoms with Crippen LogP contribution in [0.15, 0.2) is 11.8 Å². The lowest BCUT2D eigenvalue weighted by Gasteiger charge is -2.59. The van der Waals surface area contributed by atoms with Crippen molar-refractivity contribution in [2.24, 2.45) is 34.5 Å². The van der Waals surface area contributed by atoms with Gasteiger partial charge in [-0.3, -0.25) is 4.79 Å². The molecule has 0 saturated heterocycles. The summed E-state index contributed by atoms with van der Waals surface area (Å²) in [6.07, 6.45) is 9.32. The van der Waals surface area contributed by atoms with E-state index in [1.807, 2.05) is 0 Å². The number of allylic oxidation sites excluding steroid dienone is 1. The maximum absolute atomic E-state index is 12.7. The lowest BCUT2D eigenvalue weighted by Crippen LogP contribution is -2.54. The first-order valence-electron chi connectivity index (χ1n) is 9.46. The first-order chi connectivity index (χ1) is 10.9. The van der Waals surface area contributed by atoms with E-state index in [4.69, 9.17) is 0 Å². The number of fused-ring (bicyclic) bond motifs is 5. The summed E-state index contributed by atoms with van der Waals surface area (Å²) in [6, 6.07) is 0. The van der Waals surface area contributed by atoms with E-state index in [-0.39, 0.29) is 17.3 Å². The number of aliphatic hydroxyl groups excluding tert-OH is 2. The maximum Gasteiger partial charge on any atom is 0.168 e. The third-order valence-electron chi connectivity index (χ3n) is 8.43. The molecule has 4 fully saturated rings. The van der Waals surface area contributed by atoms with E-state index in [1.165, 1.54) is 12.8 Å². The van der Waals surface area contributed by atoms with Gasteiger partial charge in [-0.15, -0.1) is 0 Å². The topological polar surface area (TPSA) is 57.5 Å². The van der Waals surface area contributed by atoms with Gasteiger partial charge >= 0.3 is 0 Å². The van der Waals surface area contributed by atoms with Crippen LogP contribution in [0.5, 0.6) is 0 Å². The van der Waals surface area contributed by atoms with Gasteiger partial charge in [0, 0.05) is 11.0 Å². The summed E-state index contributed by atoms with van der Waals surface area (Å²) in [6.45, 7) is 4.61. The van der Waals surface area contributed by atoms with E-state index in [1.54, 1.807) is 0 Å². The van der Waals surface area contributed by atoms with Gasteiger partial charge in [-0.1, -0.05) is 13.8 Å². The van der Waals surface area contributed by atoms with Crippen LogP contribution in [0, 0.1) is 34.5 Å². The fraction of sp³-hybridized carbons (Fsp3) is 0.850. The molecule has 0 aromatic carbocycles. The Morgan fingerprint density at radius 2 is 1.87 bits per heavy atom. The Kier molecular flexibility index (Phi) is 3.46. The Labute approximate surface area is 139 Å². The molecule has 4 saturated carbocycles. The number of carbonyl (C=O) groups is 1. The molecule has 2 N–H and O–H groups in total. The molecule has 128 valence electrons. The van der Waals surface area contributed by atoms with Crippen LogP contribution in [0.1, 0.15) is 65.2 Å². The lowest BCUT2D eigenvalue weighted by atomic mass is 9.45. The lowest BCUT2D eigenvalue weighted by molar-refractivity contribution is -0.141. The van der Waals surface area contributed by atoms with Crippen molar-refractivity contribution in [2.75, 3.05) is 0 Å². The molecule has 23 heavy (non-hydrogen) atoms. The fourth-order valence-electron chi connectivity index (χ4n) is 7.02. The summed E-state index contributed by atoms with van der Waals surface area (Å²) in [4.78, 5) is 12.7. The predicted octanol–water partition coefficient (Wildman–Crippen LogP) is 4.01. The molecule has 4 aliphatic carbocycles. The largest absolute Gasteiger partial charge is 0.515 e. The van der Waals surface area contributed by atoms with Crippen molar-refractivity contribution in [1.82, 2.24) is 0 Å². The van der Waals surface area contributed by atoms with Gasteiger partial charge in [-0.25, -0.2) is 0 Å². The van der Waals surface area contributed by atoms with Crippen LogP contribution in [-0.2, 0) is 4.79 Å². The van der Waals surface area contributed by atoms with E-state index in [0.29, 0.717) is 34.7 Å². The molecule has 3 nitrogen and oxygen atoms in total. The van der Waals surface area contributed by atoms with Crippen LogP contribution in [0.3, 0.4) is 0 Å². The van der Waals surface area contributed by atoms with Gasteiger partial charge in [-0.05, 0) is 80.5 Å². The van der Waals surface area contributed by atoms with Gasteiger partial charge in [0.05, 0.1) is 12.4 Å². The zero-order chi connectivity index (χ0) is 16.4. The minimum Gasteiger partial charge on any atom is -0.515 e. The zero-order valence-electron chi connectivity index (χ0n) is 14.4. The first kappa shape index (κ1) is 15.7. The monoisotopic (exact) mass is 318 g/mol. The summed E-state index contributed by atoms with van der Waals surface area (Å²) in [5, 5.41) is 19.5. The first-order valence-corrected chi connectivity index (χ1v) is 9.46. The molecule has 7 atom stereocenters. The molecule has 0 radical (unpaired) electrons. The van der Waals surface area contributed by atoms with Crippen molar-refractivity contribution in [2.45, 2.75) is 71.3 Å². The van der Waals surface area contributed by atoms with E-state index < -0.39 is 0 Å². The summed E-state index contributed by atoms with van der Waals surface area (Å²) < 4.78 is 0. The van der Waals surface area contributed by atoms with Crippen LogP contribution >= 0.6 is 0 Å². The predicted molar refractivity (Wildman–Crippen MR) is 88.8 cm³/mol. The van der Waals surface area contributed by atoms with Crippen LogP contribution in [0.2, 0.25) is 0 Å². The Bertz CT molecular complexity index is 553. The van der Waals surface area contributed by atoms with Crippen molar-refractivity contribution in [3.8, 4) is 0 Å². The average Bonchev–Trinajstić information content (AvgIpc) is 2.79. The smallest absolute Gasteiger partial charge is 0.168 e. The van der Waals surface area contributed by atoms with Gasteiger partial charge in [0.15, 0.2) is 5.78 Å². The Morgan fingerprint density at radius 1 is 1.09 bits per heavy atom. The SMILES string of the molecule is C[C@]12CC[C@H](O)C[C@@H]1CC[C@@H]1[C@@H]2CC[C@]2(C)C(=O)/C(=C/O)C[C@@H]12. The van der Waals surface area contributed by atoms with Gasteiger partial charge in [0.1, 0.15) is 0 Å². The third kappa shape index (κ3) is 2.01. The number of ketones is 1. The van der Waals surface area contributed by atoms with Crippen LogP contribution in [0.4, 0.5) is 0 Å². The molecule has 0 aliphatic heterocycles. The number of hydrogen-bond donors (Lipinski definition) is 2. The molecule has 3 heteroatoms. The minimum absolute atomic E-state index is 0.101. The maximum atomic E-state index is 12.7. The molecule has 0 bridgehead atoms. The Morgan fingerprint density at radius 3 is 2.61 bits per heavy atom. The molecule has 0 spiro atoms. The number of Topliss-reactive ketones (excluding diaryl/α,β-unsaturated/α-hetero) is 1. The van der Waals surface area contributed by atoms with Crippen molar-refractivity contribution in [3.63, 3.8) is 0 Å². The molecule has 0 amide bonds. The fourth-order valence-corrected chi connectivity index (χ4v) is 7.02. The molecular formula is C20H30O3. The summed E-state index contributed by atoms with van der Waals surface area (Å²) in [7, 11) is 0. The van der Waals surface area contributed by atoms with Crippen molar-refractivity contribution < 1.29 is 15.0 Å². The van der Waals surface area contributed by atoms with Crippen LogP contribution in [0.25, 0.3) is 0 Å². The number of rotatable bonds is 0. The highest BCUT2D eigenvalue weighted by molar-refractivity contribution is 6.02. The number of carbonyl (C=O) groups excluding carboxylic acids is 1. The second-order valence-corrected chi connectivity index (χ2v) is 9.23. The summed E-state index contributed by atoms with van der Waals surface area (Å²) >= 11 is 0. The van der Waals surface area contributed by atoms with Crippen molar-refractivity contribution >= 4 is 5.78 Å². The molecule has 4 rings (SSSR count). The summed E-state index contributed by atoms with van der Waals surface area (Å²) in [5.74, 6) is 2.58. The van der Waals surface area contributed by atoms with Crippen molar-refractivity contribution in [3.05, 3.63) is 11.8 Å². The number of hydrogen-bond acceptors (Lipinski definition) is 3. The van der Waals surface area contributed by atoms with Gasteiger partial charge in [-0.2, -0.15) is 0 Å². The molecular weight excluding hydrogens is 288 g/mol. The van der Waals surface area contributed by atoms with E-state index in [9.17, 15) is 15.0 Å². The Hall–Kier alpha value is -0.830. The van der Waals surface area contributed by atoms with Crippen molar-refractivity contribution in [1.29, 1.82) is 0 Å². The molecule has 0 aromatic heterocycles.